The fourth-order valence-electron chi connectivity index (χ4n) is 1.67. The van der Waals surface area contributed by atoms with Crippen molar-refractivity contribution in [2.24, 2.45) is 5.10 Å². The molecular weight excluding hydrogens is 292 g/mol. The van der Waals surface area contributed by atoms with Crippen LogP contribution in [0.15, 0.2) is 41.5 Å². The minimum atomic E-state index is -0.450. The Bertz CT molecular complexity index is 714. The second-order valence-electron chi connectivity index (χ2n) is 4.43. The Morgan fingerprint density at radius 3 is 2.67 bits per heavy atom. The molecule has 0 saturated carbocycles. The molecule has 2 rings (SSSR count). The molecule has 1 amide bonds. The summed E-state index contributed by atoms with van der Waals surface area (Å²) in [5, 5.41) is 22.8. The summed E-state index contributed by atoms with van der Waals surface area (Å²) in [6.07, 6.45) is 1.27. The number of nitrogens with zero attached hydrogens (tertiary/aromatic N) is 1. The van der Waals surface area contributed by atoms with E-state index in [1.807, 2.05) is 6.92 Å². The van der Waals surface area contributed by atoms with Gasteiger partial charge >= 0.3 is 0 Å². The van der Waals surface area contributed by atoms with Crippen molar-refractivity contribution in [1.29, 1.82) is 0 Å². The van der Waals surface area contributed by atoms with E-state index >= 15 is 0 Å². The van der Waals surface area contributed by atoms with Gasteiger partial charge in [0.1, 0.15) is 11.5 Å². The average Bonchev–Trinajstić information content (AvgIpc) is 2.41. The molecule has 0 bridgehead atoms. The first kappa shape index (κ1) is 14.9. The Kier molecular flexibility index (Phi) is 4.45. The number of aryl methyl sites for hydroxylation is 1. The van der Waals surface area contributed by atoms with Gasteiger partial charge in [-0.05, 0) is 36.8 Å². The normalized spacial score (nSPS) is 10.8. The topological polar surface area (TPSA) is 81.9 Å². The van der Waals surface area contributed by atoms with Gasteiger partial charge in [-0.25, -0.2) is 5.43 Å². The number of carbonyl (C=O) groups excluding carboxylic acids is 1. The Hall–Kier alpha value is -2.53. The Morgan fingerprint density at radius 2 is 2.00 bits per heavy atom. The minimum absolute atomic E-state index is 0.0554. The number of carbonyl (C=O) groups is 1. The van der Waals surface area contributed by atoms with Crippen LogP contribution >= 0.6 is 11.6 Å². The third-order valence-electron chi connectivity index (χ3n) is 2.75. The van der Waals surface area contributed by atoms with Crippen LogP contribution in [0.3, 0.4) is 0 Å². The van der Waals surface area contributed by atoms with E-state index in [0.29, 0.717) is 16.1 Å². The summed E-state index contributed by atoms with van der Waals surface area (Å²) in [4.78, 5) is 11.9. The molecule has 0 aliphatic heterocycles. The number of amides is 1. The predicted octanol–water partition coefficient (Wildman–Crippen LogP) is 2.82. The highest BCUT2D eigenvalue weighted by molar-refractivity contribution is 6.33. The summed E-state index contributed by atoms with van der Waals surface area (Å²) < 4.78 is 0. The Balaban J connectivity index is 2.08. The zero-order chi connectivity index (χ0) is 15.4. The van der Waals surface area contributed by atoms with Crippen molar-refractivity contribution < 1.29 is 15.0 Å². The fraction of sp³-hybridized carbons (Fsp3) is 0.0667. The van der Waals surface area contributed by atoms with Crippen molar-refractivity contribution in [1.82, 2.24) is 5.43 Å². The molecule has 0 fully saturated rings. The molecule has 0 heterocycles. The maximum Gasteiger partial charge on any atom is 0.272 e. The van der Waals surface area contributed by atoms with Crippen LogP contribution in [0.25, 0.3) is 0 Å². The number of rotatable bonds is 3. The number of aromatic hydroxyl groups is 2. The zero-order valence-corrected chi connectivity index (χ0v) is 11.9. The summed E-state index contributed by atoms with van der Waals surface area (Å²) in [5.74, 6) is -0.643. The minimum Gasteiger partial charge on any atom is -0.508 e. The molecule has 0 aromatic heterocycles. The van der Waals surface area contributed by atoms with Crippen LogP contribution in [0.1, 0.15) is 21.5 Å². The van der Waals surface area contributed by atoms with E-state index in [1.165, 1.54) is 24.4 Å². The van der Waals surface area contributed by atoms with Gasteiger partial charge in [0.05, 0.1) is 16.8 Å². The molecule has 5 nitrogen and oxygen atoms in total. The van der Waals surface area contributed by atoms with Crippen molar-refractivity contribution >= 4 is 23.7 Å². The van der Waals surface area contributed by atoms with Crippen LogP contribution < -0.4 is 5.43 Å². The molecule has 0 spiro atoms. The van der Waals surface area contributed by atoms with Crippen LogP contribution in [0.2, 0.25) is 5.02 Å². The second kappa shape index (κ2) is 6.28. The maximum atomic E-state index is 11.9. The molecule has 0 saturated heterocycles. The number of nitrogens with one attached hydrogen (secondary N) is 1. The largest absolute Gasteiger partial charge is 0.508 e. The third kappa shape index (κ3) is 3.73. The number of benzene rings is 2. The zero-order valence-electron chi connectivity index (χ0n) is 11.2. The first-order valence-corrected chi connectivity index (χ1v) is 6.46. The van der Waals surface area contributed by atoms with E-state index in [1.54, 1.807) is 18.2 Å². The summed E-state index contributed by atoms with van der Waals surface area (Å²) in [6.45, 7) is 1.87. The van der Waals surface area contributed by atoms with Crippen LogP contribution in [0.5, 0.6) is 11.5 Å². The molecule has 0 unspecified atom stereocenters. The number of halogens is 1. The van der Waals surface area contributed by atoms with Crippen molar-refractivity contribution in [3.63, 3.8) is 0 Å². The first-order chi connectivity index (χ1) is 9.97. The molecule has 2 aromatic carbocycles. The quantitative estimate of drug-likeness (QED) is 0.602. The van der Waals surface area contributed by atoms with Gasteiger partial charge in [-0.3, -0.25) is 4.79 Å². The van der Waals surface area contributed by atoms with E-state index in [9.17, 15) is 9.90 Å². The molecule has 0 aliphatic rings. The third-order valence-corrected chi connectivity index (χ3v) is 3.07. The Morgan fingerprint density at radius 1 is 1.24 bits per heavy atom. The summed E-state index contributed by atoms with van der Waals surface area (Å²) >= 11 is 5.98. The standard InChI is InChI=1S/C15H13ClN2O3/c1-9-2-5-12(13(16)6-9)15(21)18-17-8-10-3-4-11(19)7-14(10)20/h2-8,19-20H,1H3,(H,18,21). The van der Waals surface area contributed by atoms with Crippen molar-refractivity contribution in [3.05, 3.63) is 58.1 Å². The monoisotopic (exact) mass is 304 g/mol. The van der Waals surface area contributed by atoms with Gasteiger partial charge in [0.25, 0.3) is 5.91 Å². The lowest BCUT2D eigenvalue weighted by atomic mass is 10.1. The molecule has 3 N–H and O–H groups in total. The highest BCUT2D eigenvalue weighted by Gasteiger charge is 2.09. The van der Waals surface area contributed by atoms with Gasteiger partial charge in [-0.15, -0.1) is 0 Å². The van der Waals surface area contributed by atoms with Gasteiger partial charge in [0.2, 0.25) is 0 Å². The number of phenolic OH excluding ortho intramolecular Hbond substituents is 2. The van der Waals surface area contributed by atoms with E-state index < -0.39 is 5.91 Å². The first-order valence-electron chi connectivity index (χ1n) is 6.09. The van der Waals surface area contributed by atoms with Crippen molar-refractivity contribution in [2.75, 3.05) is 0 Å². The number of hydrogen-bond donors (Lipinski definition) is 3. The number of hydrogen-bond acceptors (Lipinski definition) is 4. The van der Waals surface area contributed by atoms with E-state index in [0.717, 1.165) is 5.56 Å². The maximum absolute atomic E-state index is 11.9. The highest BCUT2D eigenvalue weighted by atomic mass is 35.5. The van der Waals surface area contributed by atoms with Crippen LogP contribution in [-0.4, -0.2) is 22.3 Å². The van der Waals surface area contributed by atoms with E-state index in [-0.39, 0.29) is 11.5 Å². The van der Waals surface area contributed by atoms with Gasteiger partial charge < -0.3 is 10.2 Å². The summed E-state index contributed by atoms with van der Waals surface area (Å²) in [7, 11) is 0. The molecule has 0 atom stereocenters. The van der Waals surface area contributed by atoms with Gasteiger partial charge in [0.15, 0.2) is 0 Å². The van der Waals surface area contributed by atoms with Gasteiger partial charge in [-0.2, -0.15) is 5.10 Å². The fourth-order valence-corrected chi connectivity index (χ4v) is 1.99. The van der Waals surface area contributed by atoms with Crippen LogP contribution in [-0.2, 0) is 0 Å². The predicted molar refractivity (Wildman–Crippen MR) is 81.0 cm³/mol. The molecule has 108 valence electrons. The average molecular weight is 305 g/mol. The summed E-state index contributed by atoms with van der Waals surface area (Å²) in [5.41, 5.74) is 3.95. The lowest BCUT2D eigenvalue weighted by molar-refractivity contribution is 0.0955. The summed E-state index contributed by atoms with van der Waals surface area (Å²) in [6, 6.07) is 9.13. The molecule has 6 heteroatoms. The lowest BCUT2D eigenvalue weighted by Gasteiger charge is -2.04. The van der Waals surface area contributed by atoms with E-state index in [2.05, 4.69) is 10.5 Å². The molecular formula is C15H13ClN2O3. The van der Waals surface area contributed by atoms with Gasteiger partial charge in [-0.1, -0.05) is 17.7 Å². The van der Waals surface area contributed by atoms with Crippen LogP contribution in [0.4, 0.5) is 0 Å². The highest BCUT2D eigenvalue weighted by Crippen LogP contribution is 2.21. The molecule has 2 aromatic rings. The SMILES string of the molecule is Cc1ccc(C(=O)NN=Cc2ccc(O)cc2O)c(Cl)c1. The van der Waals surface area contributed by atoms with Gasteiger partial charge in [0, 0.05) is 11.6 Å². The molecule has 21 heavy (non-hydrogen) atoms. The van der Waals surface area contributed by atoms with Crippen LogP contribution in [0, 0.1) is 6.92 Å². The molecule has 0 radical (unpaired) electrons. The molecule has 0 aliphatic carbocycles. The second-order valence-corrected chi connectivity index (χ2v) is 4.83. The van der Waals surface area contributed by atoms with E-state index in [4.69, 9.17) is 16.7 Å². The smallest absolute Gasteiger partial charge is 0.272 e. The lowest BCUT2D eigenvalue weighted by Crippen LogP contribution is -2.18. The number of phenols is 2. The number of hydrazone groups is 1. The van der Waals surface area contributed by atoms with Crippen molar-refractivity contribution in [2.45, 2.75) is 6.92 Å². The Labute approximate surface area is 126 Å². The van der Waals surface area contributed by atoms with Crippen molar-refractivity contribution in [3.8, 4) is 11.5 Å².